The number of hydrogen-bond donors (Lipinski definition) is 1. The second kappa shape index (κ2) is 7.24. The van der Waals surface area contributed by atoms with Gasteiger partial charge in [-0.2, -0.15) is 0 Å². The molecule has 27 heavy (non-hydrogen) atoms. The van der Waals surface area contributed by atoms with Crippen molar-refractivity contribution in [2.45, 2.75) is 6.92 Å². The molecular weight excluding hydrogens is 352 g/mol. The number of rotatable bonds is 5. The maximum Gasteiger partial charge on any atom is 0.311 e. The Balaban J connectivity index is 1.76. The van der Waals surface area contributed by atoms with Crippen molar-refractivity contribution in [2.75, 3.05) is 6.61 Å². The maximum atomic E-state index is 11.9. The number of hydrogen-bond acceptors (Lipinski definition) is 6. The van der Waals surface area contributed by atoms with Crippen molar-refractivity contribution in [3.05, 3.63) is 58.1 Å². The van der Waals surface area contributed by atoms with Gasteiger partial charge in [0.1, 0.15) is 0 Å². The lowest BCUT2D eigenvalue weighted by molar-refractivity contribution is -0.385. The molecule has 2 aromatic carbocycles. The molecule has 0 saturated heterocycles. The summed E-state index contributed by atoms with van der Waals surface area (Å²) in [7, 11) is 1.66. The van der Waals surface area contributed by atoms with Crippen LogP contribution >= 0.6 is 0 Å². The van der Waals surface area contributed by atoms with Gasteiger partial charge >= 0.3 is 11.6 Å². The summed E-state index contributed by atoms with van der Waals surface area (Å²) in [5.74, 6) is -0.887. The third-order valence-electron chi connectivity index (χ3n) is 3.97. The molecule has 0 aliphatic heterocycles. The number of aryl methyl sites for hydroxylation is 2. The fraction of sp³-hybridized carbons (Fsp3) is 0.167. The highest BCUT2D eigenvalue weighted by molar-refractivity contribution is 5.95. The molecule has 0 bridgehead atoms. The predicted octanol–water partition coefficient (Wildman–Crippen LogP) is 3.79. The number of azo groups is 1. The van der Waals surface area contributed by atoms with Gasteiger partial charge in [-0.15, -0.1) is 10.2 Å². The fourth-order valence-corrected chi connectivity index (χ4v) is 2.62. The van der Waals surface area contributed by atoms with E-state index in [1.165, 1.54) is 16.7 Å². The monoisotopic (exact) mass is 368 g/mol. The standard InChI is InChI=1S/C18H16N4O5/c1-11-7-8-15(14(9-11)22(25)26)27-10-16(23)19-20-17-12-5-3-4-6-13(12)21(2)18(17)24/h3-9,24H,10H2,1-2H3. The number of carbonyl (C=O) groups is 1. The van der Waals surface area contributed by atoms with Gasteiger partial charge in [0.05, 0.1) is 10.4 Å². The Bertz CT molecular complexity index is 1070. The van der Waals surface area contributed by atoms with Gasteiger partial charge in [0.2, 0.25) is 5.88 Å². The van der Waals surface area contributed by atoms with Crippen LogP contribution < -0.4 is 4.74 Å². The van der Waals surface area contributed by atoms with Gasteiger partial charge in [-0.3, -0.25) is 14.9 Å². The third-order valence-corrected chi connectivity index (χ3v) is 3.97. The topological polar surface area (TPSA) is 119 Å². The molecule has 0 fully saturated rings. The van der Waals surface area contributed by atoms with Crippen LogP contribution in [0.1, 0.15) is 5.56 Å². The lowest BCUT2D eigenvalue weighted by Gasteiger charge is -2.04. The van der Waals surface area contributed by atoms with Gasteiger partial charge in [-0.05, 0) is 24.6 Å². The predicted molar refractivity (Wildman–Crippen MR) is 97.4 cm³/mol. The number of ether oxygens (including phenoxy) is 1. The van der Waals surface area contributed by atoms with Crippen molar-refractivity contribution in [3.8, 4) is 11.6 Å². The zero-order valence-electron chi connectivity index (χ0n) is 14.6. The first-order valence-corrected chi connectivity index (χ1v) is 7.97. The Morgan fingerprint density at radius 1 is 1.30 bits per heavy atom. The number of para-hydroxylation sites is 1. The molecule has 0 radical (unpaired) electrons. The molecule has 3 aromatic rings. The van der Waals surface area contributed by atoms with Gasteiger partial charge < -0.3 is 14.4 Å². The van der Waals surface area contributed by atoms with Crippen LogP contribution in [0, 0.1) is 17.0 Å². The van der Waals surface area contributed by atoms with Crippen LogP contribution in [0.15, 0.2) is 52.7 Å². The summed E-state index contributed by atoms with van der Waals surface area (Å²) in [4.78, 5) is 22.4. The van der Waals surface area contributed by atoms with Gasteiger partial charge in [0, 0.05) is 18.5 Å². The van der Waals surface area contributed by atoms with E-state index >= 15 is 0 Å². The van der Waals surface area contributed by atoms with Crippen LogP contribution in [-0.2, 0) is 11.8 Å². The van der Waals surface area contributed by atoms with E-state index in [1.807, 2.05) is 6.07 Å². The molecule has 0 atom stereocenters. The smallest absolute Gasteiger partial charge is 0.311 e. The number of fused-ring (bicyclic) bond motifs is 1. The van der Waals surface area contributed by atoms with Crippen molar-refractivity contribution in [1.29, 1.82) is 0 Å². The summed E-state index contributed by atoms with van der Waals surface area (Å²) in [5, 5.41) is 29.2. The van der Waals surface area contributed by atoms with Gasteiger partial charge in [0.15, 0.2) is 18.0 Å². The molecule has 0 unspecified atom stereocenters. The molecule has 1 N–H and O–H groups in total. The van der Waals surface area contributed by atoms with E-state index in [9.17, 15) is 20.0 Å². The molecule has 9 nitrogen and oxygen atoms in total. The molecule has 0 aliphatic carbocycles. The molecule has 9 heteroatoms. The summed E-state index contributed by atoms with van der Waals surface area (Å²) in [6.07, 6.45) is 0. The van der Waals surface area contributed by atoms with E-state index in [4.69, 9.17) is 4.74 Å². The van der Waals surface area contributed by atoms with Crippen LogP contribution in [0.3, 0.4) is 0 Å². The fourth-order valence-electron chi connectivity index (χ4n) is 2.62. The SMILES string of the molecule is Cc1ccc(OCC(=O)N=Nc2c(O)n(C)c3ccccc23)c([N+](=O)[O-])c1. The normalized spacial score (nSPS) is 11.2. The Morgan fingerprint density at radius 3 is 2.78 bits per heavy atom. The summed E-state index contributed by atoms with van der Waals surface area (Å²) >= 11 is 0. The first-order valence-electron chi connectivity index (χ1n) is 7.97. The average Bonchev–Trinajstić information content (AvgIpc) is 2.89. The zero-order chi connectivity index (χ0) is 19.6. The van der Waals surface area contributed by atoms with E-state index in [2.05, 4.69) is 10.2 Å². The van der Waals surface area contributed by atoms with E-state index in [1.54, 1.807) is 38.2 Å². The second-order valence-corrected chi connectivity index (χ2v) is 5.86. The van der Waals surface area contributed by atoms with Crippen molar-refractivity contribution in [3.63, 3.8) is 0 Å². The quantitative estimate of drug-likeness (QED) is 0.417. The zero-order valence-corrected chi connectivity index (χ0v) is 14.6. The van der Waals surface area contributed by atoms with E-state index in [-0.39, 0.29) is 23.0 Å². The molecule has 1 aromatic heterocycles. The Labute approximate surface area is 153 Å². The van der Waals surface area contributed by atoms with Crippen LogP contribution in [0.2, 0.25) is 0 Å². The molecule has 0 aliphatic rings. The Morgan fingerprint density at radius 2 is 2.04 bits per heavy atom. The Kier molecular flexibility index (Phi) is 4.84. The summed E-state index contributed by atoms with van der Waals surface area (Å²) in [5.41, 5.74) is 1.38. The highest BCUT2D eigenvalue weighted by Crippen LogP contribution is 2.37. The first kappa shape index (κ1) is 18.1. The third kappa shape index (κ3) is 3.61. The van der Waals surface area contributed by atoms with Crippen molar-refractivity contribution in [1.82, 2.24) is 4.57 Å². The van der Waals surface area contributed by atoms with Gasteiger partial charge in [-0.1, -0.05) is 24.3 Å². The van der Waals surface area contributed by atoms with Crippen LogP contribution in [0.4, 0.5) is 11.4 Å². The number of nitro benzene ring substituents is 1. The van der Waals surface area contributed by atoms with E-state index < -0.39 is 17.4 Å². The molecule has 1 amide bonds. The lowest BCUT2D eigenvalue weighted by atomic mass is 10.2. The minimum absolute atomic E-state index is 0.0258. The molecular formula is C18H16N4O5. The minimum Gasteiger partial charge on any atom is -0.493 e. The van der Waals surface area contributed by atoms with E-state index in [0.29, 0.717) is 10.9 Å². The summed E-state index contributed by atoms with van der Waals surface area (Å²) in [6.45, 7) is 1.20. The van der Waals surface area contributed by atoms with Gasteiger partial charge in [-0.25, -0.2) is 0 Å². The van der Waals surface area contributed by atoms with Gasteiger partial charge in [0.25, 0.3) is 0 Å². The second-order valence-electron chi connectivity index (χ2n) is 5.86. The lowest BCUT2D eigenvalue weighted by Crippen LogP contribution is -2.09. The van der Waals surface area contributed by atoms with Crippen LogP contribution in [0.5, 0.6) is 11.6 Å². The molecule has 1 heterocycles. The van der Waals surface area contributed by atoms with Crippen LogP contribution in [0.25, 0.3) is 10.9 Å². The van der Waals surface area contributed by atoms with Crippen molar-refractivity contribution >= 4 is 28.2 Å². The highest BCUT2D eigenvalue weighted by Gasteiger charge is 2.17. The first-order chi connectivity index (χ1) is 12.9. The molecule has 0 spiro atoms. The minimum atomic E-state index is -0.739. The molecule has 0 saturated carbocycles. The number of nitrogens with zero attached hydrogens (tertiary/aromatic N) is 4. The number of aromatic hydroxyl groups is 1. The highest BCUT2D eigenvalue weighted by atomic mass is 16.6. The number of aromatic nitrogens is 1. The number of nitro groups is 1. The Hall–Kier alpha value is -3.75. The molecule has 3 rings (SSSR count). The number of benzene rings is 2. The average molecular weight is 368 g/mol. The van der Waals surface area contributed by atoms with E-state index in [0.717, 1.165) is 5.52 Å². The molecule has 138 valence electrons. The number of amides is 1. The largest absolute Gasteiger partial charge is 0.493 e. The van der Waals surface area contributed by atoms with Crippen LogP contribution in [-0.4, -0.2) is 27.1 Å². The maximum absolute atomic E-state index is 11.9. The summed E-state index contributed by atoms with van der Waals surface area (Å²) < 4.78 is 6.74. The van der Waals surface area contributed by atoms with Crippen molar-refractivity contribution in [2.24, 2.45) is 17.3 Å². The summed E-state index contributed by atoms with van der Waals surface area (Å²) in [6, 6.07) is 11.6. The number of carbonyl (C=O) groups excluding carboxylic acids is 1. The van der Waals surface area contributed by atoms with Crippen molar-refractivity contribution < 1.29 is 19.6 Å².